The van der Waals surface area contributed by atoms with E-state index in [4.69, 9.17) is 15.6 Å². The van der Waals surface area contributed by atoms with E-state index in [1.165, 1.54) is 12.1 Å². The number of nitrogens with one attached hydrogen (secondary N) is 3. The number of halogens is 1. The quantitative estimate of drug-likeness (QED) is 0.353. The first kappa shape index (κ1) is 22.9. The van der Waals surface area contributed by atoms with Crippen molar-refractivity contribution in [1.29, 1.82) is 0 Å². The fourth-order valence-electron chi connectivity index (χ4n) is 2.58. The Hall–Kier alpha value is -3.74. The summed E-state index contributed by atoms with van der Waals surface area (Å²) in [6, 6.07) is 3.24. The molecule has 0 saturated heterocycles. The minimum absolute atomic E-state index is 0.0154. The van der Waals surface area contributed by atoms with Crippen LogP contribution in [0.4, 0.5) is 14.2 Å². The summed E-state index contributed by atoms with van der Waals surface area (Å²) >= 11 is 0.712. The summed E-state index contributed by atoms with van der Waals surface area (Å²) in [4.78, 5) is 46.4. The number of anilines is 1. The molecule has 13 heteroatoms. The van der Waals surface area contributed by atoms with E-state index in [9.17, 15) is 23.6 Å². The van der Waals surface area contributed by atoms with Crippen LogP contribution < -0.4 is 26.4 Å². The topological polar surface area (TPSA) is 173 Å². The maximum Gasteiger partial charge on any atom is 0.319 e. The third kappa shape index (κ3) is 6.14. The molecular weight excluding hydrogens is 445 g/mol. The Morgan fingerprint density at radius 3 is 2.69 bits per heavy atom. The van der Waals surface area contributed by atoms with Crippen molar-refractivity contribution in [2.75, 3.05) is 11.9 Å². The molecule has 0 aliphatic heterocycles. The molecule has 0 atom stereocenters. The molecule has 0 unspecified atom stereocenters. The van der Waals surface area contributed by atoms with Gasteiger partial charge in [-0.05, 0) is 42.6 Å². The van der Waals surface area contributed by atoms with E-state index in [0.29, 0.717) is 11.5 Å². The normalized spacial score (nSPS) is 12.7. The van der Waals surface area contributed by atoms with Crippen molar-refractivity contribution < 1.29 is 33.4 Å². The number of aliphatic carboxylic acids is 1. The lowest BCUT2D eigenvalue weighted by Crippen LogP contribution is -2.31. The number of hydrogen-bond donors (Lipinski definition) is 5. The number of nitrogens with zero attached hydrogens (tertiary/aromatic N) is 1. The smallest absolute Gasteiger partial charge is 0.319 e. The third-order valence-corrected chi connectivity index (χ3v) is 5.09. The molecule has 1 aliphatic rings. The minimum Gasteiger partial charge on any atom is -0.481 e. The van der Waals surface area contributed by atoms with Gasteiger partial charge < -0.3 is 26.2 Å². The van der Waals surface area contributed by atoms with Gasteiger partial charge >= 0.3 is 12.0 Å². The second kappa shape index (κ2) is 10.0. The van der Waals surface area contributed by atoms with Gasteiger partial charge in [0, 0.05) is 23.7 Å². The van der Waals surface area contributed by atoms with Crippen LogP contribution in [-0.4, -0.2) is 45.9 Å². The molecule has 3 rings (SSSR count). The van der Waals surface area contributed by atoms with Crippen molar-refractivity contribution in [3.8, 4) is 5.88 Å². The Balaban J connectivity index is 1.67. The highest BCUT2D eigenvalue weighted by atomic mass is 32.1. The van der Waals surface area contributed by atoms with E-state index < -0.39 is 23.7 Å². The number of hydrogen-bond acceptors (Lipinski definition) is 7. The zero-order valence-corrected chi connectivity index (χ0v) is 17.5. The number of rotatable bonds is 10. The molecule has 1 aromatic carbocycles. The first-order chi connectivity index (χ1) is 15.2. The first-order valence-electron chi connectivity index (χ1n) is 9.52. The summed E-state index contributed by atoms with van der Waals surface area (Å²) in [5, 5.41) is 16.0. The van der Waals surface area contributed by atoms with Crippen LogP contribution in [0, 0.1) is 5.82 Å². The Morgan fingerprint density at radius 2 is 2.03 bits per heavy atom. The number of carbonyl (C=O) groups excluding carboxylic acids is 3. The average molecular weight is 465 g/mol. The zero-order chi connectivity index (χ0) is 23.3. The average Bonchev–Trinajstić information content (AvgIpc) is 3.44. The lowest BCUT2D eigenvalue weighted by Gasteiger charge is -2.09. The van der Waals surface area contributed by atoms with Crippen molar-refractivity contribution in [3.05, 3.63) is 40.7 Å². The molecule has 170 valence electrons. The van der Waals surface area contributed by atoms with Gasteiger partial charge in [0.05, 0.1) is 6.42 Å². The SMILES string of the molecule is NC(=O)c1c(OCc2cc(C(=O)NC3CC3)ccc2F)nsc1NC(=O)NCCC(=O)O. The number of carboxylic acid groups (broad SMARTS) is 1. The van der Waals surface area contributed by atoms with E-state index in [1.807, 2.05) is 0 Å². The highest BCUT2D eigenvalue weighted by Gasteiger charge is 2.25. The van der Waals surface area contributed by atoms with E-state index in [2.05, 4.69) is 20.3 Å². The monoisotopic (exact) mass is 465 g/mol. The predicted molar refractivity (Wildman–Crippen MR) is 111 cm³/mol. The molecule has 6 N–H and O–H groups in total. The van der Waals surface area contributed by atoms with Crippen LogP contribution in [-0.2, 0) is 11.4 Å². The number of primary amides is 1. The molecule has 11 nitrogen and oxygen atoms in total. The fraction of sp³-hybridized carbons (Fsp3) is 0.316. The maximum absolute atomic E-state index is 14.2. The molecule has 1 heterocycles. The number of urea groups is 1. The Kier molecular flexibility index (Phi) is 7.20. The number of carbonyl (C=O) groups is 4. The molecule has 0 spiro atoms. The van der Waals surface area contributed by atoms with E-state index in [-0.39, 0.29) is 59.1 Å². The Labute approximate surface area is 185 Å². The van der Waals surface area contributed by atoms with Crippen molar-refractivity contribution in [2.24, 2.45) is 5.73 Å². The number of aromatic nitrogens is 1. The highest BCUT2D eigenvalue weighted by molar-refractivity contribution is 7.11. The van der Waals surface area contributed by atoms with Crippen LogP contribution in [0.15, 0.2) is 18.2 Å². The van der Waals surface area contributed by atoms with Crippen LogP contribution in [0.5, 0.6) is 5.88 Å². The highest BCUT2D eigenvalue weighted by Crippen LogP contribution is 2.31. The van der Waals surface area contributed by atoms with Crippen molar-refractivity contribution in [1.82, 2.24) is 15.0 Å². The molecule has 1 aromatic heterocycles. The summed E-state index contributed by atoms with van der Waals surface area (Å²) in [5.74, 6) is -3.17. The van der Waals surface area contributed by atoms with Gasteiger partial charge in [-0.15, -0.1) is 0 Å². The summed E-state index contributed by atoms with van der Waals surface area (Å²) < 4.78 is 23.6. The fourth-order valence-corrected chi connectivity index (χ4v) is 3.31. The summed E-state index contributed by atoms with van der Waals surface area (Å²) in [7, 11) is 0. The van der Waals surface area contributed by atoms with Gasteiger partial charge in [-0.25, -0.2) is 9.18 Å². The van der Waals surface area contributed by atoms with Crippen molar-refractivity contribution in [3.63, 3.8) is 0 Å². The van der Waals surface area contributed by atoms with Crippen molar-refractivity contribution >= 4 is 40.3 Å². The zero-order valence-electron chi connectivity index (χ0n) is 16.6. The standard InChI is InChI=1S/C19H20FN5O6S/c20-12-4-1-9(16(29)23-11-2-3-11)7-10(12)8-31-17-14(15(21)28)18(32-25-17)24-19(30)22-6-5-13(26)27/h1,4,7,11H,2-3,5-6,8H2,(H2,21,28)(H,23,29)(H,26,27)(H2,22,24,30). The Morgan fingerprint density at radius 1 is 1.28 bits per heavy atom. The molecule has 1 saturated carbocycles. The van der Waals surface area contributed by atoms with Gasteiger partial charge in [-0.1, -0.05) is 0 Å². The number of carboxylic acids is 1. The summed E-state index contributed by atoms with van der Waals surface area (Å²) in [5.41, 5.74) is 5.48. The predicted octanol–water partition coefficient (Wildman–Crippen LogP) is 1.45. The van der Waals surface area contributed by atoms with Gasteiger partial charge in [0.25, 0.3) is 11.8 Å². The third-order valence-electron chi connectivity index (χ3n) is 4.34. The molecule has 0 bridgehead atoms. The number of nitrogens with two attached hydrogens (primary N) is 1. The number of amides is 4. The van der Waals surface area contributed by atoms with E-state index in [1.54, 1.807) is 0 Å². The molecule has 1 fully saturated rings. The van der Waals surface area contributed by atoms with Crippen LogP contribution in [0.3, 0.4) is 0 Å². The van der Waals surface area contributed by atoms with Crippen LogP contribution in [0.2, 0.25) is 0 Å². The summed E-state index contributed by atoms with van der Waals surface area (Å²) in [6.07, 6.45) is 1.55. The number of ether oxygens (including phenoxy) is 1. The van der Waals surface area contributed by atoms with Gasteiger partial charge in [0.15, 0.2) is 0 Å². The van der Waals surface area contributed by atoms with Gasteiger partial charge in [0.2, 0.25) is 5.88 Å². The van der Waals surface area contributed by atoms with Crippen LogP contribution in [0.1, 0.15) is 45.5 Å². The van der Waals surface area contributed by atoms with Crippen LogP contribution in [0.25, 0.3) is 0 Å². The lowest BCUT2D eigenvalue weighted by atomic mass is 10.1. The Bertz CT molecular complexity index is 1050. The minimum atomic E-state index is -1.09. The molecular formula is C19H20FN5O6S. The second-order valence-corrected chi connectivity index (χ2v) is 7.70. The molecule has 2 aromatic rings. The largest absolute Gasteiger partial charge is 0.481 e. The summed E-state index contributed by atoms with van der Waals surface area (Å²) in [6.45, 7) is -0.468. The lowest BCUT2D eigenvalue weighted by molar-refractivity contribution is -0.136. The van der Waals surface area contributed by atoms with Crippen molar-refractivity contribution in [2.45, 2.75) is 31.9 Å². The van der Waals surface area contributed by atoms with Crippen LogP contribution >= 0.6 is 11.5 Å². The van der Waals surface area contributed by atoms with Gasteiger partial charge in [0.1, 0.15) is 23.0 Å². The maximum atomic E-state index is 14.2. The van der Waals surface area contributed by atoms with Gasteiger partial charge in [-0.3, -0.25) is 19.7 Å². The molecule has 32 heavy (non-hydrogen) atoms. The van der Waals surface area contributed by atoms with E-state index in [0.717, 1.165) is 18.9 Å². The second-order valence-electron chi connectivity index (χ2n) is 6.92. The first-order valence-corrected chi connectivity index (χ1v) is 10.3. The molecule has 0 radical (unpaired) electrons. The molecule has 4 amide bonds. The van der Waals surface area contributed by atoms with E-state index >= 15 is 0 Å². The molecule has 1 aliphatic carbocycles. The van der Waals surface area contributed by atoms with Gasteiger partial charge in [-0.2, -0.15) is 4.37 Å². The number of benzene rings is 1.